The number of fused-ring (bicyclic) bond motifs is 3. The number of carbonyl (C=O) groups excluding carboxylic acids is 3. The Bertz CT molecular complexity index is 684. The van der Waals surface area contributed by atoms with Gasteiger partial charge in [0.2, 0.25) is 11.8 Å². The number of Topliss-reactive ketones (excluding diaryl/α,β-unsaturated/α-hetero) is 1. The largest absolute Gasteiger partial charge is 0.497 e. The van der Waals surface area contributed by atoms with E-state index in [1.54, 1.807) is 31.4 Å². The predicted octanol–water partition coefficient (Wildman–Crippen LogP) is 0.613. The highest BCUT2D eigenvalue weighted by Gasteiger charge is 2.61. The lowest BCUT2D eigenvalue weighted by molar-refractivity contribution is -0.127. The van der Waals surface area contributed by atoms with Gasteiger partial charge in [0.05, 0.1) is 25.0 Å². The molecule has 120 valence electrons. The summed E-state index contributed by atoms with van der Waals surface area (Å²) in [6.07, 6.45) is 1.83. The molecular weight excluding hydrogens is 296 g/mol. The lowest BCUT2D eigenvalue weighted by Crippen LogP contribution is -2.44. The van der Waals surface area contributed by atoms with Crippen LogP contribution in [0.25, 0.3) is 0 Å². The first kappa shape index (κ1) is 14.4. The summed E-state index contributed by atoms with van der Waals surface area (Å²) in [5.74, 6) is -0.863. The molecule has 0 bridgehead atoms. The minimum absolute atomic E-state index is 0.0126. The average molecular weight is 314 g/mol. The standard InChI is InChI=1S/C17H18N2O4/c1-23-10-6-4-9(5-7-10)15(20)14-13-12(16(21)18-17(13)22)11-3-2-8-19(11)14/h4-7,11-14H,2-3,8H2,1H3,(H,18,21,22)/t11-,12+,13+,14+/m1/s1. The van der Waals surface area contributed by atoms with Gasteiger partial charge in [-0.25, -0.2) is 0 Å². The summed E-state index contributed by atoms with van der Waals surface area (Å²) < 4.78 is 5.11. The minimum Gasteiger partial charge on any atom is -0.497 e. The van der Waals surface area contributed by atoms with Crippen LogP contribution in [0.4, 0.5) is 0 Å². The van der Waals surface area contributed by atoms with Gasteiger partial charge < -0.3 is 4.74 Å². The summed E-state index contributed by atoms with van der Waals surface area (Å²) >= 11 is 0. The maximum absolute atomic E-state index is 13.0. The first-order chi connectivity index (χ1) is 11.1. The Morgan fingerprint density at radius 3 is 2.57 bits per heavy atom. The van der Waals surface area contributed by atoms with Crippen molar-refractivity contribution in [1.82, 2.24) is 10.2 Å². The lowest BCUT2D eigenvalue weighted by Gasteiger charge is -2.25. The molecule has 23 heavy (non-hydrogen) atoms. The summed E-state index contributed by atoms with van der Waals surface area (Å²) in [7, 11) is 1.57. The van der Waals surface area contributed by atoms with Gasteiger partial charge in [0.25, 0.3) is 0 Å². The van der Waals surface area contributed by atoms with Gasteiger partial charge in [0.15, 0.2) is 5.78 Å². The number of rotatable bonds is 3. The Morgan fingerprint density at radius 1 is 1.17 bits per heavy atom. The van der Waals surface area contributed by atoms with Crippen LogP contribution in [0.3, 0.4) is 0 Å². The van der Waals surface area contributed by atoms with E-state index in [1.807, 2.05) is 0 Å². The van der Waals surface area contributed by atoms with E-state index in [2.05, 4.69) is 10.2 Å². The fraction of sp³-hybridized carbons (Fsp3) is 0.471. The Balaban J connectivity index is 1.69. The van der Waals surface area contributed by atoms with Gasteiger partial charge in [0.1, 0.15) is 5.75 Å². The summed E-state index contributed by atoms with van der Waals surface area (Å²) in [5, 5.41) is 2.41. The number of carbonyl (C=O) groups is 3. The Hall–Kier alpha value is -2.21. The van der Waals surface area contributed by atoms with Gasteiger partial charge in [-0.05, 0) is 43.7 Å². The van der Waals surface area contributed by atoms with Crippen molar-refractivity contribution in [3.8, 4) is 5.75 Å². The van der Waals surface area contributed by atoms with Gasteiger partial charge >= 0.3 is 0 Å². The Labute approximate surface area is 133 Å². The fourth-order valence-electron chi connectivity index (χ4n) is 4.36. The lowest BCUT2D eigenvalue weighted by atomic mass is 9.85. The van der Waals surface area contributed by atoms with Crippen LogP contribution in [-0.2, 0) is 9.59 Å². The molecule has 0 radical (unpaired) electrons. The number of hydrogen-bond donors (Lipinski definition) is 1. The predicted molar refractivity (Wildman–Crippen MR) is 81.0 cm³/mol. The van der Waals surface area contributed by atoms with E-state index in [1.165, 1.54) is 0 Å². The molecule has 3 aliphatic rings. The van der Waals surface area contributed by atoms with Crippen molar-refractivity contribution in [2.75, 3.05) is 13.7 Å². The van der Waals surface area contributed by atoms with Crippen LogP contribution in [0.15, 0.2) is 24.3 Å². The quantitative estimate of drug-likeness (QED) is 0.653. The third kappa shape index (κ3) is 2.01. The van der Waals surface area contributed by atoms with Gasteiger partial charge in [-0.3, -0.25) is 24.6 Å². The molecule has 1 aromatic rings. The van der Waals surface area contributed by atoms with Crippen LogP contribution in [0, 0.1) is 11.8 Å². The van der Waals surface area contributed by atoms with E-state index in [-0.39, 0.29) is 29.6 Å². The molecule has 0 unspecified atom stereocenters. The first-order valence-electron chi connectivity index (χ1n) is 7.90. The highest BCUT2D eigenvalue weighted by Crippen LogP contribution is 2.45. The van der Waals surface area contributed by atoms with Crippen molar-refractivity contribution in [2.45, 2.75) is 24.9 Å². The summed E-state index contributed by atoms with van der Waals surface area (Å²) in [6, 6.07) is 6.39. The van der Waals surface area contributed by atoms with E-state index < -0.39 is 12.0 Å². The fourth-order valence-corrected chi connectivity index (χ4v) is 4.36. The molecule has 4 atom stereocenters. The number of nitrogens with zero attached hydrogens (tertiary/aromatic N) is 1. The molecule has 4 rings (SSSR count). The van der Waals surface area contributed by atoms with Gasteiger partial charge in [-0.1, -0.05) is 0 Å². The molecule has 6 heteroatoms. The van der Waals surface area contributed by atoms with Crippen LogP contribution in [0.2, 0.25) is 0 Å². The van der Waals surface area contributed by atoms with Crippen LogP contribution in [0.1, 0.15) is 23.2 Å². The van der Waals surface area contributed by atoms with Gasteiger partial charge in [-0.2, -0.15) is 0 Å². The molecule has 3 fully saturated rings. The van der Waals surface area contributed by atoms with Crippen molar-refractivity contribution >= 4 is 17.6 Å². The van der Waals surface area contributed by atoms with Crippen molar-refractivity contribution in [3.05, 3.63) is 29.8 Å². The topological polar surface area (TPSA) is 75.7 Å². The summed E-state index contributed by atoms with van der Waals surface area (Å²) in [5.41, 5.74) is 0.550. The van der Waals surface area contributed by atoms with E-state index >= 15 is 0 Å². The van der Waals surface area contributed by atoms with Crippen LogP contribution < -0.4 is 10.1 Å². The first-order valence-corrected chi connectivity index (χ1v) is 7.90. The van der Waals surface area contributed by atoms with Crippen molar-refractivity contribution in [2.24, 2.45) is 11.8 Å². The van der Waals surface area contributed by atoms with E-state index in [9.17, 15) is 14.4 Å². The zero-order valence-corrected chi connectivity index (χ0v) is 12.8. The molecule has 6 nitrogen and oxygen atoms in total. The van der Waals surface area contributed by atoms with Crippen LogP contribution in [0.5, 0.6) is 5.75 Å². The molecule has 2 amide bonds. The number of amides is 2. The Morgan fingerprint density at radius 2 is 1.87 bits per heavy atom. The van der Waals surface area contributed by atoms with Gasteiger partial charge in [-0.15, -0.1) is 0 Å². The van der Waals surface area contributed by atoms with Gasteiger partial charge in [0, 0.05) is 11.6 Å². The maximum atomic E-state index is 13.0. The number of hydrogen-bond acceptors (Lipinski definition) is 5. The SMILES string of the molecule is COc1ccc(C(=O)[C@@H]2[C@H]3C(=O)NC(=O)[C@H]3[C@H]3CCCN32)cc1. The molecule has 0 aromatic heterocycles. The maximum Gasteiger partial charge on any atom is 0.232 e. The number of methoxy groups -OCH3 is 1. The molecule has 3 heterocycles. The molecule has 0 saturated carbocycles. The van der Waals surface area contributed by atoms with Crippen molar-refractivity contribution in [1.29, 1.82) is 0 Å². The molecule has 3 saturated heterocycles. The second-order valence-corrected chi connectivity index (χ2v) is 6.39. The van der Waals surface area contributed by atoms with Crippen LogP contribution in [-0.4, -0.2) is 48.2 Å². The number of benzene rings is 1. The third-order valence-corrected chi connectivity index (χ3v) is 5.34. The monoisotopic (exact) mass is 314 g/mol. The molecule has 1 N–H and O–H groups in total. The third-order valence-electron chi connectivity index (χ3n) is 5.34. The second kappa shape index (κ2) is 5.16. The number of ketones is 1. The highest BCUT2D eigenvalue weighted by atomic mass is 16.5. The van der Waals surface area contributed by atoms with Crippen molar-refractivity contribution in [3.63, 3.8) is 0 Å². The number of imide groups is 1. The van der Waals surface area contributed by atoms with E-state index in [4.69, 9.17) is 4.74 Å². The normalized spacial score (nSPS) is 32.6. The Kier molecular flexibility index (Phi) is 3.23. The summed E-state index contributed by atoms with van der Waals surface area (Å²) in [4.78, 5) is 39.4. The summed E-state index contributed by atoms with van der Waals surface area (Å²) in [6.45, 7) is 0.769. The smallest absolute Gasteiger partial charge is 0.232 e. The van der Waals surface area contributed by atoms with E-state index in [0.29, 0.717) is 11.3 Å². The molecule has 3 aliphatic heterocycles. The zero-order valence-electron chi connectivity index (χ0n) is 12.8. The minimum atomic E-state index is -0.553. The van der Waals surface area contributed by atoms with Crippen LogP contribution >= 0.6 is 0 Å². The number of nitrogens with one attached hydrogen (secondary N) is 1. The highest BCUT2D eigenvalue weighted by molar-refractivity contribution is 6.11. The van der Waals surface area contributed by atoms with Crippen molar-refractivity contribution < 1.29 is 19.1 Å². The molecule has 1 aromatic carbocycles. The zero-order chi connectivity index (χ0) is 16.1. The molecule has 0 spiro atoms. The second-order valence-electron chi connectivity index (χ2n) is 6.39. The molecule has 0 aliphatic carbocycles. The number of ether oxygens (including phenoxy) is 1. The molecular formula is C17H18N2O4. The average Bonchev–Trinajstić information content (AvgIpc) is 3.20. The van der Waals surface area contributed by atoms with E-state index in [0.717, 1.165) is 19.4 Å².